The molecule has 1 fully saturated rings. The van der Waals surface area contributed by atoms with Crippen LogP contribution in [0.4, 0.5) is 4.39 Å². The summed E-state index contributed by atoms with van der Waals surface area (Å²) in [5.41, 5.74) is 0.727. The number of hydrogen-bond donors (Lipinski definition) is 0. The zero-order chi connectivity index (χ0) is 16.5. The van der Waals surface area contributed by atoms with Gasteiger partial charge >= 0.3 is 0 Å². The molecule has 0 spiro atoms. The normalized spacial score (nSPS) is 20.2. The Morgan fingerprint density at radius 1 is 1.25 bits per heavy atom. The van der Waals surface area contributed by atoms with E-state index in [9.17, 15) is 9.18 Å². The van der Waals surface area contributed by atoms with Gasteiger partial charge in [-0.15, -0.1) is 10.2 Å². The first-order chi connectivity index (χ1) is 11.7. The number of fused-ring (bicyclic) bond motifs is 1. The van der Waals surface area contributed by atoms with Crippen molar-refractivity contribution in [3.63, 3.8) is 0 Å². The first kappa shape index (κ1) is 15.3. The van der Waals surface area contributed by atoms with Crippen molar-refractivity contribution in [3.8, 4) is 0 Å². The molecule has 4 rings (SSSR count). The van der Waals surface area contributed by atoms with Crippen molar-refractivity contribution in [2.45, 2.75) is 44.6 Å². The molecule has 6 heteroatoms. The van der Waals surface area contributed by atoms with Crippen LogP contribution in [0.5, 0.6) is 0 Å². The van der Waals surface area contributed by atoms with Gasteiger partial charge in [0.2, 0.25) is 5.91 Å². The van der Waals surface area contributed by atoms with Crippen LogP contribution in [-0.2, 0) is 24.2 Å². The molecule has 1 saturated heterocycles. The van der Waals surface area contributed by atoms with Crippen LogP contribution in [0.2, 0.25) is 0 Å². The zero-order valence-electron chi connectivity index (χ0n) is 13.6. The molecule has 0 saturated carbocycles. The lowest BCUT2D eigenvalue weighted by molar-refractivity contribution is -0.131. The quantitative estimate of drug-likeness (QED) is 0.869. The summed E-state index contributed by atoms with van der Waals surface area (Å²) in [6.45, 7) is 2.45. The molecule has 2 aliphatic heterocycles. The smallest absolute Gasteiger partial charge is 0.227 e. The van der Waals surface area contributed by atoms with E-state index in [4.69, 9.17) is 0 Å². The number of benzene rings is 1. The molecule has 2 aromatic rings. The van der Waals surface area contributed by atoms with E-state index in [0.717, 1.165) is 56.0 Å². The number of halogens is 1. The highest BCUT2D eigenvalue weighted by Crippen LogP contribution is 2.28. The molecular weight excluding hydrogens is 307 g/mol. The molecule has 24 heavy (non-hydrogen) atoms. The van der Waals surface area contributed by atoms with Gasteiger partial charge in [0.05, 0.1) is 6.42 Å². The molecule has 126 valence electrons. The molecule has 1 unspecified atom stereocenters. The van der Waals surface area contributed by atoms with E-state index in [1.807, 2.05) is 4.90 Å². The number of amides is 1. The summed E-state index contributed by atoms with van der Waals surface area (Å²) >= 11 is 0. The summed E-state index contributed by atoms with van der Waals surface area (Å²) in [5.74, 6) is 2.14. The molecule has 1 aromatic heterocycles. The summed E-state index contributed by atoms with van der Waals surface area (Å²) in [7, 11) is 0. The van der Waals surface area contributed by atoms with Gasteiger partial charge in [0, 0.05) is 32.0 Å². The third-order valence-electron chi connectivity index (χ3n) is 5.02. The van der Waals surface area contributed by atoms with Crippen molar-refractivity contribution in [3.05, 3.63) is 47.3 Å². The molecule has 1 aromatic carbocycles. The minimum absolute atomic E-state index is 0.0615. The van der Waals surface area contributed by atoms with Crippen LogP contribution in [0.3, 0.4) is 0 Å². The lowest BCUT2D eigenvalue weighted by atomic mass is 9.96. The highest BCUT2D eigenvalue weighted by Gasteiger charge is 2.30. The summed E-state index contributed by atoms with van der Waals surface area (Å²) in [4.78, 5) is 14.5. The van der Waals surface area contributed by atoms with E-state index in [1.54, 1.807) is 12.1 Å². The maximum atomic E-state index is 13.3. The molecule has 0 aliphatic carbocycles. The molecule has 1 atom stereocenters. The number of aryl methyl sites for hydroxylation is 1. The van der Waals surface area contributed by atoms with E-state index < -0.39 is 0 Å². The number of hydrogen-bond acceptors (Lipinski definition) is 3. The third-order valence-corrected chi connectivity index (χ3v) is 5.02. The Morgan fingerprint density at radius 3 is 3.04 bits per heavy atom. The lowest BCUT2D eigenvalue weighted by Gasteiger charge is -2.32. The second kappa shape index (κ2) is 6.34. The van der Waals surface area contributed by atoms with Gasteiger partial charge in [0.1, 0.15) is 17.5 Å². The van der Waals surface area contributed by atoms with Gasteiger partial charge in [0.15, 0.2) is 0 Å². The number of carbonyl (C=O) groups excluding carboxylic acids is 1. The van der Waals surface area contributed by atoms with Gasteiger partial charge in [-0.25, -0.2) is 4.39 Å². The minimum Gasteiger partial charge on any atom is -0.342 e. The fourth-order valence-corrected chi connectivity index (χ4v) is 3.82. The van der Waals surface area contributed by atoms with Gasteiger partial charge in [-0.2, -0.15) is 0 Å². The fraction of sp³-hybridized carbons (Fsp3) is 0.500. The molecule has 2 aliphatic rings. The molecular formula is C18H21FN4O. The first-order valence-corrected chi connectivity index (χ1v) is 8.65. The largest absolute Gasteiger partial charge is 0.342 e. The second-order valence-corrected chi connectivity index (χ2v) is 6.72. The minimum atomic E-state index is -0.296. The third kappa shape index (κ3) is 2.92. The highest BCUT2D eigenvalue weighted by atomic mass is 19.1. The number of likely N-dealkylation sites (tertiary alicyclic amines) is 1. The van der Waals surface area contributed by atoms with Gasteiger partial charge in [-0.1, -0.05) is 12.1 Å². The summed E-state index contributed by atoms with van der Waals surface area (Å²) in [6, 6.07) is 6.28. The van der Waals surface area contributed by atoms with Crippen LogP contribution < -0.4 is 0 Å². The van der Waals surface area contributed by atoms with Crippen LogP contribution in [0, 0.1) is 5.82 Å². The van der Waals surface area contributed by atoms with E-state index in [2.05, 4.69) is 14.8 Å². The van der Waals surface area contributed by atoms with Gasteiger partial charge < -0.3 is 9.47 Å². The van der Waals surface area contributed by atoms with Crippen molar-refractivity contribution in [2.24, 2.45) is 0 Å². The van der Waals surface area contributed by atoms with Crippen LogP contribution in [0.25, 0.3) is 0 Å². The summed E-state index contributed by atoms with van der Waals surface area (Å²) < 4.78 is 15.5. The van der Waals surface area contributed by atoms with Gasteiger partial charge in [-0.05, 0) is 37.0 Å². The van der Waals surface area contributed by atoms with Gasteiger partial charge in [0.25, 0.3) is 0 Å². The molecule has 0 radical (unpaired) electrons. The van der Waals surface area contributed by atoms with Crippen LogP contribution in [0.1, 0.15) is 42.4 Å². The fourth-order valence-electron chi connectivity index (χ4n) is 3.82. The van der Waals surface area contributed by atoms with E-state index in [-0.39, 0.29) is 24.1 Å². The summed E-state index contributed by atoms with van der Waals surface area (Å²) in [6.07, 6.45) is 4.40. The molecule has 1 amide bonds. The zero-order valence-corrected chi connectivity index (χ0v) is 13.6. The Hall–Kier alpha value is -2.24. The maximum Gasteiger partial charge on any atom is 0.227 e. The molecule has 0 bridgehead atoms. The SMILES string of the molecule is O=C(Cc1cccc(F)c1)N1CCCC(c2nnc3n2CCC3)C1. The predicted octanol–water partition coefficient (Wildman–Crippen LogP) is 2.31. The number of aromatic nitrogens is 3. The van der Waals surface area contributed by atoms with Gasteiger partial charge in [-0.3, -0.25) is 4.79 Å². The maximum absolute atomic E-state index is 13.3. The Morgan fingerprint density at radius 2 is 2.17 bits per heavy atom. The first-order valence-electron chi connectivity index (χ1n) is 8.65. The van der Waals surface area contributed by atoms with Crippen LogP contribution in [0.15, 0.2) is 24.3 Å². The number of nitrogens with zero attached hydrogens (tertiary/aromatic N) is 4. The van der Waals surface area contributed by atoms with Crippen LogP contribution >= 0.6 is 0 Å². The average Bonchev–Trinajstić information content (AvgIpc) is 3.18. The van der Waals surface area contributed by atoms with Crippen molar-refractivity contribution in [2.75, 3.05) is 13.1 Å². The van der Waals surface area contributed by atoms with Crippen molar-refractivity contribution >= 4 is 5.91 Å². The molecule has 3 heterocycles. The van der Waals surface area contributed by atoms with E-state index in [0.29, 0.717) is 6.54 Å². The molecule has 5 nitrogen and oxygen atoms in total. The van der Waals surface area contributed by atoms with Crippen molar-refractivity contribution in [1.29, 1.82) is 0 Å². The standard InChI is InChI=1S/C18H21FN4O/c19-15-6-1-4-13(10-15)11-17(24)22-8-2-5-14(12-22)18-21-20-16-7-3-9-23(16)18/h1,4,6,10,14H,2-3,5,7-9,11-12H2. The number of rotatable bonds is 3. The van der Waals surface area contributed by atoms with Crippen molar-refractivity contribution < 1.29 is 9.18 Å². The Kier molecular flexibility index (Phi) is 4.04. The van der Waals surface area contributed by atoms with E-state index in [1.165, 1.54) is 12.1 Å². The summed E-state index contributed by atoms with van der Waals surface area (Å²) in [5, 5.41) is 8.66. The second-order valence-electron chi connectivity index (χ2n) is 6.72. The Labute approximate surface area is 140 Å². The number of piperidine rings is 1. The predicted molar refractivity (Wildman–Crippen MR) is 87.0 cm³/mol. The number of carbonyl (C=O) groups is 1. The lowest BCUT2D eigenvalue weighted by Crippen LogP contribution is -2.40. The monoisotopic (exact) mass is 328 g/mol. The highest BCUT2D eigenvalue weighted by molar-refractivity contribution is 5.79. The molecule has 0 N–H and O–H groups in total. The van der Waals surface area contributed by atoms with E-state index >= 15 is 0 Å². The Bertz CT molecular complexity index is 757. The van der Waals surface area contributed by atoms with Crippen LogP contribution in [-0.4, -0.2) is 38.7 Å². The average molecular weight is 328 g/mol. The Balaban J connectivity index is 1.45. The van der Waals surface area contributed by atoms with Crippen molar-refractivity contribution in [1.82, 2.24) is 19.7 Å². The topological polar surface area (TPSA) is 51.0 Å².